The van der Waals surface area contributed by atoms with Gasteiger partial charge in [-0.25, -0.2) is 0 Å². The van der Waals surface area contributed by atoms with Gasteiger partial charge in [-0.1, -0.05) is 0 Å². The Morgan fingerprint density at radius 3 is 1.22 bits per heavy atom. The van der Waals surface area contributed by atoms with Crippen molar-refractivity contribution >= 4 is 21.1 Å². The molecule has 0 fully saturated rings. The maximum absolute atomic E-state index is 2.40. The molecule has 0 aromatic heterocycles. The summed E-state index contributed by atoms with van der Waals surface area (Å²) in [5, 5.41) is 0. The Balaban J connectivity index is 0.00000242. The summed E-state index contributed by atoms with van der Waals surface area (Å²) in [6, 6.07) is 22.0. The minimum absolute atomic E-state index is 0. The third-order valence-corrected chi connectivity index (χ3v) is 10.7. The van der Waals surface area contributed by atoms with Gasteiger partial charge in [-0.2, -0.15) is 0 Å². The fourth-order valence-corrected chi connectivity index (χ4v) is 7.76. The van der Waals surface area contributed by atoms with Crippen LogP contribution in [0.2, 0.25) is 8.87 Å². The second kappa shape index (κ2) is 9.45. The molecule has 126 valence electrons. The molecule has 2 aromatic rings. The Hall–Kier alpha value is -0.841. The Bertz CT molecular complexity index is 499. The van der Waals surface area contributed by atoms with Crippen LogP contribution >= 0.6 is 0 Å². The van der Waals surface area contributed by atoms with E-state index in [0.717, 1.165) is 0 Å². The molecule has 2 rings (SSSR count). The molecule has 2 radical (unpaired) electrons. The molecule has 0 atom stereocenters. The maximum atomic E-state index is 2.40. The zero-order valence-corrected chi connectivity index (χ0v) is 17.5. The summed E-state index contributed by atoms with van der Waals surface area (Å²) in [6.07, 6.45) is 0. The molecule has 0 saturated heterocycles. The molecular formula is C20H30O2Sn. The fraction of sp³-hybridized carbons (Fsp3) is 0.400. The summed E-state index contributed by atoms with van der Waals surface area (Å²) >= 11 is -0.384. The van der Waals surface area contributed by atoms with Crippen LogP contribution in [0.15, 0.2) is 60.7 Å². The van der Waals surface area contributed by atoms with E-state index in [9.17, 15) is 0 Å². The molecule has 0 aliphatic heterocycles. The van der Waals surface area contributed by atoms with Crippen LogP contribution in [-0.4, -0.2) is 32.1 Å². The quantitative estimate of drug-likeness (QED) is 0.637. The zero-order chi connectivity index (χ0) is 15.3. The van der Waals surface area contributed by atoms with E-state index in [4.69, 9.17) is 0 Å². The maximum Gasteiger partial charge on any atom is -0.412 e. The molecule has 4 N–H and O–H groups in total. The molecule has 0 heterocycles. The predicted octanol–water partition coefficient (Wildman–Crippen LogP) is 3.83. The van der Waals surface area contributed by atoms with Gasteiger partial charge in [0.2, 0.25) is 0 Å². The summed E-state index contributed by atoms with van der Waals surface area (Å²) in [6.45, 7) is 9.61. The van der Waals surface area contributed by atoms with Gasteiger partial charge in [-0.3, -0.25) is 0 Å². The van der Waals surface area contributed by atoms with Crippen LogP contribution in [0.25, 0.3) is 0 Å². The van der Waals surface area contributed by atoms with Gasteiger partial charge in [0, 0.05) is 0 Å². The van der Waals surface area contributed by atoms with Crippen molar-refractivity contribution in [2.45, 2.75) is 47.4 Å². The first-order valence-electron chi connectivity index (χ1n) is 7.74. The minimum atomic E-state index is -0.384. The summed E-state index contributed by atoms with van der Waals surface area (Å²) in [5.74, 6) is 0. The first kappa shape index (κ1) is 22.2. The molecule has 0 saturated carbocycles. The van der Waals surface area contributed by atoms with Crippen molar-refractivity contribution < 1.29 is 11.0 Å². The first-order chi connectivity index (χ1) is 9.92. The predicted molar refractivity (Wildman–Crippen MR) is 102 cm³/mol. The van der Waals surface area contributed by atoms with Gasteiger partial charge < -0.3 is 11.0 Å². The summed E-state index contributed by atoms with van der Waals surface area (Å²) in [7, 11) is 0. The van der Waals surface area contributed by atoms with E-state index in [1.54, 1.807) is 0 Å². The van der Waals surface area contributed by atoms with Gasteiger partial charge in [0.1, 0.15) is 0 Å². The van der Waals surface area contributed by atoms with Crippen LogP contribution in [0.1, 0.15) is 38.8 Å². The van der Waals surface area contributed by atoms with Gasteiger partial charge in [0.25, 0.3) is 0 Å². The smallest absolute Gasteiger partial charge is 0.412 e. The third kappa shape index (κ3) is 6.28. The van der Waals surface area contributed by atoms with Crippen LogP contribution in [-0.2, 0) is 10.8 Å². The van der Waals surface area contributed by atoms with Gasteiger partial charge in [0.15, 0.2) is 0 Å². The molecule has 0 aliphatic carbocycles. The Morgan fingerprint density at radius 1 is 0.609 bits per heavy atom. The summed E-state index contributed by atoms with van der Waals surface area (Å²) in [5.41, 5.74) is 3.65. The summed E-state index contributed by atoms with van der Waals surface area (Å²) < 4.78 is 2.80. The molecule has 2 aromatic carbocycles. The van der Waals surface area contributed by atoms with Crippen molar-refractivity contribution in [2.75, 3.05) is 0 Å². The number of hydrogen-bond acceptors (Lipinski definition) is 0. The molecule has 0 spiro atoms. The Morgan fingerprint density at radius 2 is 0.913 bits per heavy atom. The van der Waals surface area contributed by atoms with E-state index in [2.05, 4.69) is 88.4 Å². The molecule has 0 aliphatic rings. The largest absolute Gasteiger partial charge is 0.412 e. The van der Waals surface area contributed by atoms with Crippen LogP contribution in [0, 0.1) is 0 Å². The van der Waals surface area contributed by atoms with Crippen LogP contribution < -0.4 is 0 Å². The molecule has 2 nitrogen and oxygen atoms in total. The molecular weight excluding hydrogens is 391 g/mol. The van der Waals surface area contributed by atoms with Gasteiger partial charge in [-0.05, 0) is 0 Å². The second-order valence-corrected chi connectivity index (χ2v) is 10.5. The SMILES string of the molecule is CC(C)([CH2][Sn][CH2]C(C)(C)c1ccccc1)c1ccccc1.O.O. The van der Waals surface area contributed by atoms with E-state index < -0.39 is 0 Å². The Kier molecular flexibility index (Phi) is 9.11. The van der Waals surface area contributed by atoms with Gasteiger partial charge in [-0.15, -0.1) is 0 Å². The van der Waals surface area contributed by atoms with E-state index in [-0.39, 0.29) is 32.1 Å². The molecule has 0 unspecified atom stereocenters. The van der Waals surface area contributed by atoms with Crippen molar-refractivity contribution in [3.8, 4) is 0 Å². The van der Waals surface area contributed by atoms with Crippen molar-refractivity contribution in [3.05, 3.63) is 71.8 Å². The summed E-state index contributed by atoms with van der Waals surface area (Å²) in [4.78, 5) is 0. The fourth-order valence-electron chi connectivity index (χ4n) is 2.67. The number of rotatable bonds is 6. The first-order valence-corrected chi connectivity index (χ1v) is 11.8. The van der Waals surface area contributed by atoms with Crippen molar-refractivity contribution in [1.29, 1.82) is 0 Å². The molecule has 23 heavy (non-hydrogen) atoms. The van der Waals surface area contributed by atoms with E-state index >= 15 is 0 Å². The van der Waals surface area contributed by atoms with E-state index in [1.807, 2.05) is 0 Å². The zero-order valence-electron chi connectivity index (χ0n) is 14.7. The third-order valence-electron chi connectivity index (χ3n) is 4.24. The number of benzene rings is 2. The average molecular weight is 421 g/mol. The molecule has 0 amide bonds. The van der Waals surface area contributed by atoms with Gasteiger partial charge >= 0.3 is 140 Å². The van der Waals surface area contributed by atoms with E-state index in [1.165, 1.54) is 20.0 Å². The number of hydrogen-bond donors (Lipinski definition) is 0. The van der Waals surface area contributed by atoms with Crippen molar-refractivity contribution in [3.63, 3.8) is 0 Å². The average Bonchev–Trinajstić information content (AvgIpc) is 2.49. The van der Waals surface area contributed by atoms with Crippen LogP contribution in [0.3, 0.4) is 0 Å². The standard InChI is InChI=1S/2C10H13.2H2O.Sn/c2*1-10(2,3)9-7-5-4-6-8-9;;;/h2*4-8H,1H2,2-3H3;2*1H2;. The van der Waals surface area contributed by atoms with Crippen LogP contribution in [0.4, 0.5) is 0 Å². The van der Waals surface area contributed by atoms with Crippen molar-refractivity contribution in [2.24, 2.45) is 0 Å². The Labute approximate surface area is 151 Å². The van der Waals surface area contributed by atoms with Crippen LogP contribution in [0.5, 0.6) is 0 Å². The second-order valence-electron chi connectivity index (χ2n) is 7.10. The minimum Gasteiger partial charge on any atom is -0.412 e. The van der Waals surface area contributed by atoms with Gasteiger partial charge in [0.05, 0.1) is 0 Å². The topological polar surface area (TPSA) is 63.0 Å². The van der Waals surface area contributed by atoms with Crippen molar-refractivity contribution in [1.82, 2.24) is 0 Å². The molecule has 3 heteroatoms. The monoisotopic (exact) mass is 422 g/mol. The van der Waals surface area contributed by atoms with E-state index in [0.29, 0.717) is 10.8 Å². The normalized spacial score (nSPS) is 11.3. The molecule has 0 bridgehead atoms.